The molecule has 0 fully saturated rings. The molecule has 0 heterocycles. The first-order chi connectivity index (χ1) is 9.70. The van der Waals surface area contributed by atoms with Gasteiger partial charge in [-0.15, -0.1) is 0 Å². The first kappa shape index (κ1) is 13.9. The summed E-state index contributed by atoms with van der Waals surface area (Å²) in [5.74, 6) is -1.13. The van der Waals surface area contributed by atoms with Gasteiger partial charge >= 0.3 is 0 Å². The van der Waals surface area contributed by atoms with E-state index in [2.05, 4.69) is 17.5 Å². The van der Waals surface area contributed by atoms with E-state index in [1.807, 2.05) is 24.3 Å². The van der Waals surface area contributed by atoms with Gasteiger partial charge in [0.1, 0.15) is 5.82 Å². The summed E-state index contributed by atoms with van der Waals surface area (Å²) in [6.45, 7) is 2.08. The third-order valence-corrected chi connectivity index (χ3v) is 2.89. The van der Waals surface area contributed by atoms with Crippen molar-refractivity contribution in [3.05, 3.63) is 71.0 Å². The van der Waals surface area contributed by atoms with Gasteiger partial charge in [-0.05, 0) is 29.7 Å². The van der Waals surface area contributed by atoms with Gasteiger partial charge in [-0.2, -0.15) is 5.10 Å². The van der Waals surface area contributed by atoms with Crippen LogP contribution in [0.4, 0.5) is 4.39 Å². The zero-order valence-electron chi connectivity index (χ0n) is 11.1. The highest BCUT2D eigenvalue weighted by molar-refractivity contribution is 5.95. The monoisotopic (exact) mass is 270 g/mol. The Morgan fingerprint density at radius 2 is 1.90 bits per heavy atom. The third kappa shape index (κ3) is 3.51. The molecule has 1 N–H and O–H groups in total. The Labute approximate surface area is 117 Å². The van der Waals surface area contributed by atoms with Crippen LogP contribution >= 0.6 is 0 Å². The Hall–Kier alpha value is -2.49. The topological polar surface area (TPSA) is 41.5 Å². The maximum atomic E-state index is 13.4. The molecule has 0 atom stereocenters. The summed E-state index contributed by atoms with van der Waals surface area (Å²) >= 11 is 0. The number of carbonyl (C=O) groups excluding carboxylic acids is 1. The van der Waals surface area contributed by atoms with E-state index in [-0.39, 0.29) is 5.56 Å². The van der Waals surface area contributed by atoms with Crippen molar-refractivity contribution in [3.63, 3.8) is 0 Å². The Morgan fingerprint density at radius 1 is 1.20 bits per heavy atom. The Bertz CT molecular complexity index is 621. The summed E-state index contributed by atoms with van der Waals surface area (Å²) < 4.78 is 13.4. The molecular formula is C16H15FN2O. The van der Waals surface area contributed by atoms with Crippen LogP contribution in [0.2, 0.25) is 0 Å². The molecule has 4 heteroatoms. The minimum atomic E-state index is -0.565. The molecule has 0 radical (unpaired) electrons. The van der Waals surface area contributed by atoms with Crippen LogP contribution in [0.1, 0.15) is 28.4 Å². The largest absolute Gasteiger partial charge is 0.274 e. The fourth-order valence-corrected chi connectivity index (χ4v) is 1.71. The second-order valence-electron chi connectivity index (χ2n) is 4.27. The zero-order valence-corrected chi connectivity index (χ0v) is 11.1. The van der Waals surface area contributed by atoms with E-state index >= 15 is 0 Å². The van der Waals surface area contributed by atoms with E-state index < -0.39 is 11.7 Å². The van der Waals surface area contributed by atoms with Crippen molar-refractivity contribution < 1.29 is 9.18 Å². The standard InChI is InChI=1S/C16H15FN2O/c1-2-12-7-9-13(10-8-12)11-18-19-16(20)14-5-3-4-6-15(14)17/h3-11H,2H2,1H3,(H,19,20). The van der Waals surface area contributed by atoms with Gasteiger partial charge in [-0.3, -0.25) is 4.79 Å². The lowest BCUT2D eigenvalue weighted by Gasteiger charge is -2.01. The molecule has 0 bridgehead atoms. The van der Waals surface area contributed by atoms with Crippen molar-refractivity contribution in [2.75, 3.05) is 0 Å². The predicted molar refractivity (Wildman–Crippen MR) is 77.3 cm³/mol. The van der Waals surface area contributed by atoms with Crippen LogP contribution in [0, 0.1) is 5.82 Å². The van der Waals surface area contributed by atoms with Crippen LogP contribution in [0.15, 0.2) is 53.6 Å². The maximum Gasteiger partial charge on any atom is 0.274 e. The molecule has 0 aromatic heterocycles. The van der Waals surface area contributed by atoms with Gasteiger partial charge in [0.25, 0.3) is 5.91 Å². The molecule has 2 aromatic carbocycles. The highest BCUT2D eigenvalue weighted by Gasteiger charge is 2.08. The van der Waals surface area contributed by atoms with Crippen molar-refractivity contribution in [1.82, 2.24) is 5.43 Å². The molecular weight excluding hydrogens is 255 g/mol. The number of nitrogens with zero attached hydrogens (tertiary/aromatic N) is 1. The summed E-state index contributed by atoms with van der Waals surface area (Å²) in [7, 11) is 0. The molecule has 0 aliphatic carbocycles. The molecule has 2 rings (SSSR count). The number of halogens is 1. The Morgan fingerprint density at radius 3 is 2.55 bits per heavy atom. The quantitative estimate of drug-likeness (QED) is 0.673. The number of amides is 1. The molecule has 0 aliphatic heterocycles. The highest BCUT2D eigenvalue weighted by atomic mass is 19.1. The van der Waals surface area contributed by atoms with E-state index in [4.69, 9.17) is 0 Å². The van der Waals surface area contributed by atoms with Gasteiger partial charge < -0.3 is 0 Å². The third-order valence-electron chi connectivity index (χ3n) is 2.89. The normalized spacial score (nSPS) is 10.7. The minimum absolute atomic E-state index is 0.0222. The lowest BCUT2D eigenvalue weighted by Crippen LogP contribution is -2.18. The molecule has 102 valence electrons. The number of hydrazone groups is 1. The molecule has 2 aromatic rings. The van der Waals surface area contributed by atoms with Gasteiger partial charge in [-0.25, -0.2) is 9.82 Å². The van der Waals surface area contributed by atoms with Crippen LogP contribution in [0.3, 0.4) is 0 Å². The van der Waals surface area contributed by atoms with Crippen molar-refractivity contribution in [1.29, 1.82) is 0 Å². The SMILES string of the molecule is CCc1ccc(C=NNC(=O)c2ccccc2F)cc1. The number of carbonyl (C=O) groups is 1. The van der Waals surface area contributed by atoms with Crippen molar-refractivity contribution in [2.24, 2.45) is 5.10 Å². The Kier molecular flexibility index (Phi) is 4.60. The van der Waals surface area contributed by atoms with Crippen LogP contribution in [-0.2, 0) is 6.42 Å². The molecule has 0 saturated heterocycles. The highest BCUT2D eigenvalue weighted by Crippen LogP contribution is 2.06. The van der Waals surface area contributed by atoms with E-state index in [0.29, 0.717) is 0 Å². The number of nitrogens with one attached hydrogen (secondary N) is 1. The average molecular weight is 270 g/mol. The van der Waals surface area contributed by atoms with Gasteiger partial charge in [0, 0.05) is 0 Å². The number of aryl methyl sites for hydroxylation is 1. The fourth-order valence-electron chi connectivity index (χ4n) is 1.71. The summed E-state index contributed by atoms with van der Waals surface area (Å²) in [5, 5.41) is 3.82. The second-order valence-corrected chi connectivity index (χ2v) is 4.27. The molecule has 0 aliphatic rings. The first-order valence-electron chi connectivity index (χ1n) is 6.37. The van der Waals surface area contributed by atoms with E-state index in [1.54, 1.807) is 6.07 Å². The van der Waals surface area contributed by atoms with E-state index in [9.17, 15) is 9.18 Å². The predicted octanol–water partition coefficient (Wildman–Crippen LogP) is 3.15. The molecule has 20 heavy (non-hydrogen) atoms. The summed E-state index contributed by atoms with van der Waals surface area (Å²) in [4.78, 5) is 11.7. The summed E-state index contributed by atoms with van der Waals surface area (Å²) in [6, 6.07) is 13.6. The van der Waals surface area contributed by atoms with Crippen molar-refractivity contribution >= 4 is 12.1 Å². The molecule has 0 unspecified atom stereocenters. The number of hydrogen-bond acceptors (Lipinski definition) is 2. The smallest absolute Gasteiger partial charge is 0.267 e. The summed E-state index contributed by atoms with van der Waals surface area (Å²) in [6.07, 6.45) is 2.50. The lowest BCUT2D eigenvalue weighted by molar-refractivity contribution is 0.0951. The molecule has 1 amide bonds. The van der Waals surface area contributed by atoms with E-state index in [1.165, 1.54) is 30.0 Å². The van der Waals surface area contributed by atoms with Crippen LogP contribution in [0.25, 0.3) is 0 Å². The molecule has 3 nitrogen and oxygen atoms in total. The van der Waals surface area contributed by atoms with Crippen LogP contribution in [-0.4, -0.2) is 12.1 Å². The molecule has 0 saturated carbocycles. The number of hydrogen-bond donors (Lipinski definition) is 1. The fraction of sp³-hybridized carbons (Fsp3) is 0.125. The van der Waals surface area contributed by atoms with E-state index in [0.717, 1.165) is 12.0 Å². The Balaban J connectivity index is 1.99. The summed E-state index contributed by atoms with van der Waals surface area (Å²) in [5.41, 5.74) is 4.39. The second kappa shape index (κ2) is 6.61. The minimum Gasteiger partial charge on any atom is -0.267 e. The van der Waals surface area contributed by atoms with Gasteiger partial charge in [0.15, 0.2) is 0 Å². The van der Waals surface area contributed by atoms with Crippen LogP contribution in [0.5, 0.6) is 0 Å². The van der Waals surface area contributed by atoms with Crippen LogP contribution < -0.4 is 5.43 Å². The number of rotatable bonds is 4. The molecule has 0 spiro atoms. The van der Waals surface area contributed by atoms with Gasteiger partial charge in [-0.1, -0.05) is 43.3 Å². The first-order valence-corrected chi connectivity index (χ1v) is 6.37. The van der Waals surface area contributed by atoms with Crippen molar-refractivity contribution in [3.8, 4) is 0 Å². The average Bonchev–Trinajstić information content (AvgIpc) is 2.48. The number of benzene rings is 2. The van der Waals surface area contributed by atoms with Crippen molar-refractivity contribution in [2.45, 2.75) is 13.3 Å². The lowest BCUT2D eigenvalue weighted by atomic mass is 10.1. The zero-order chi connectivity index (χ0) is 14.4. The maximum absolute atomic E-state index is 13.4. The van der Waals surface area contributed by atoms with Gasteiger partial charge in [0.2, 0.25) is 0 Å². The van der Waals surface area contributed by atoms with Gasteiger partial charge in [0.05, 0.1) is 11.8 Å².